The molecular weight excluding hydrogens is 299 g/mol. The lowest BCUT2D eigenvalue weighted by Gasteiger charge is -2.12. The molecule has 0 unspecified atom stereocenters. The number of nitrogens with zero attached hydrogens (tertiary/aromatic N) is 2. The number of nitrogens with two attached hydrogens (primary N) is 1. The van der Waals surface area contributed by atoms with Crippen molar-refractivity contribution in [1.82, 2.24) is 9.78 Å². The third-order valence-electron chi connectivity index (χ3n) is 2.15. The van der Waals surface area contributed by atoms with Gasteiger partial charge in [0.1, 0.15) is 0 Å². The van der Waals surface area contributed by atoms with Gasteiger partial charge >= 0.3 is 6.18 Å². The molecule has 0 fully saturated rings. The molecule has 17 heavy (non-hydrogen) atoms. The highest BCUT2D eigenvalue weighted by atomic mass is 79.9. The molecule has 0 aliphatic carbocycles. The van der Waals surface area contributed by atoms with Crippen LogP contribution in [0.15, 0.2) is 34.9 Å². The van der Waals surface area contributed by atoms with Gasteiger partial charge in [-0.15, -0.1) is 0 Å². The minimum Gasteiger partial charge on any atom is -0.396 e. The summed E-state index contributed by atoms with van der Waals surface area (Å²) < 4.78 is 39.7. The number of nitrogen functional groups attached to an aromatic ring is 1. The molecule has 0 saturated heterocycles. The Balaban J connectivity index is 2.66. The maximum Gasteiger partial charge on any atom is 0.435 e. The second-order valence-corrected chi connectivity index (χ2v) is 4.16. The summed E-state index contributed by atoms with van der Waals surface area (Å²) in [4.78, 5) is 0. The lowest BCUT2D eigenvalue weighted by Crippen LogP contribution is -2.15. The number of rotatable bonds is 1. The van der Waals surface area contributed by atoms with Gasteiger partial charge in [-0.2, -0.15) is 18.3 Å². The standard InChI is InChI=1S/C10H7BrF3N3/c11-6-3-1-2-4-8(6)17-9(10(12,13)14)7(15)5-16-17/h1-5H,15H2. The molecule has 3 nitrogen and oxygen atoms in total. The first-order valence-electron chi connectivity index (χ1n) is 4.57. The number of halogens is 4. The van der Waals surface area contributed by atoms with E-state index in [1.165, 1.54) is 6.07 Å². The highest BCUT2D eigenvalue weighted by molar-refractivity contribution is 9.10. The monoisotopic (exact) mass is 305 g/mol. The van der Waals surface area contributed by atoms with Crippen molar-refractivity contribution in [2.24, 2.45) is 0 Å². The van der Waals surface area contributed by atoms with Gasteiger partial charge in [0.2, 0.25) is 0 Å². The van der Waals surface area contributed by atoms with Gasteiger partial charge in [-0.1, -0.05) is 12.1 Å². The van der Waals surface area contributed by atoms with Gasteiger partial charge in [-0.3, -0.25) is 0 Å². The lowest BCUT2D eigenvalue weighted by molar-refractivity contribution is -0.142. The van der Waals surface area contributed by atoms with Crippen molar-refractivity contribution in [3.8, 4) is 5.69 Å². The van der Waals surface area contributed by atoms with E-state index in [4.69, 9.17) is 5.73 Å². The van der Waals surface area contributed by atoms with Crippen LogP contribution in [0.25, 0.3) is 5.69 Å². The maximum absolute atomic E-state index is 12.8. The molecule has 0 spiro atoms. The van der Waals surface area contributed by atoms with Crippen LogP contribution in [0.2, 0.25) is 0 Å². The fraction of sp³-hybridized carbons (Fsp3) is 0.100. The van der Waals surface area contributed by atoms with E-state index in [2.05, 4.69) is 21.0 Å². The molecule has 0 bridgehead atoms. The molecule has 1 heterocycles. The maximum atomic E-state index is 12.8. The molecule has 0 aliphatic heterocycles. The summed E-state index contributed by atoms with van der Waals surface area (Å²) in [5, 5.41) is 3.65. The van der Waals surface area contributed by atoms with Gasteiger partial charge in [0.05, 0.1) is 17.6 Å². The largest absolute Gasteiger partial charge is 0.435 e. The van der Waals surface area contributed by atoms with Crippen LogP contribution in [0.3, 0.4) is 0 Å². The number of alkyl halides is 3. The van der Waals surface area contributed by atoms with Crippen molar-refractivity contribution < 1.29 is 13.2 Å². The molecule has 0 amide bonds. The molecule has 2 aromatic rings. The molecule has 0 saturated carbocycles. The molecule has 2 rings (SSSR count). The second-order valence-electron chi connectivity index (χ2n) is 3.31. The molecule has 0 radical (unpaired) electrons. The first kappa shape index (κ1) is 12.0. The van der Waals surface area contributed by atoms with E-state index in [0.29, 0.717) is 4.47 Å². The third-order valence-corrected chi connectivity index (χ3v) is 2.82. The highest BCUT2D eigenvalue weighted by Crippen LogP contribution is 2.36. The Hall–Kier alpha value is -1.50. The zero-order valence-corrected chi connectivity index (χ0v) is 9.96. The van der Waals surface area contributed by atoms with E-state index >= 15 is 0 Å². The Bertz CT molecular complexity index is 548. The Morgan fingerprint density at radius 1 is 1.24 bits per heavy atom. The van der Waals surface area contributed by atoms with E-state index in [1.54, 1.807) is 18.2 Å². The van der Waals surface area contributed by atoms with Gasteiger partial charge in [-0.25, -0.2) is 4.68 Å². The van der Waals surface area contributed by atoms with Gasteiger partial charge in [0, 0.05) is 4.47 Å². The van der Waals surface area contributed by atoms with Crippen LogP contribution in [0, 0.1) is 0 Å². The molecule has 1 aromatic carbocycles. The van der Waals surface area contributed by atoms with Crippen LogP contribution in [0.4, 0.5) is 18.9 Å². The van der Waals surface area contributed by atoms with Crippen LogP contribution < -0.4 is 5.73 Å². The number of hydrogen-bond donors (Lipinski definition) is 1. The van der Waals surface area contributed by atoms with Gasteiger partial charge in [-0.05, 0) is 28.1 Å². The van der Waals surface area contributed by atoms with Crippen molar-refractivity contribution in [2.75, 3.05) is 5.73 Å². The predicted molar refractivity (Wildman–Crippen MR) is 60.7 cm³/mol. The van der Waals surface area contributed by atoms with Crippen molar-refractivity contribution in [1.29, 1.82) is 0 Å². The second kappa shape index (κ2) is 4.06. The topological polar surface area (TPSA) is 43.8 Å². The predicted octanol–water partition coefficient (Wildman–Crippen LogP) is 3.24. The first-order chi connectivity index (χ1) is 7.91. The van der Waals surface area contributed by atoms with Crippen LogP contribution in [-0.4, -0.2) is 9.78 Å². The van der Waals surface area contributed by atoms with Gasteiger partial charge in [0.25, 0.3) is 0 Å². The fourth-order valence-electron chi connectivity index (χ4n) is 1.45. The summed E-state index contributed by atoms with van der Waals surface area (Å²) >= 11 is 3.17. The summed E-state index contributed by atoms with van der Waals surface area (Å²) in [6, 6.07) is 6.48. The van der Waals surface area contributed by atoms with Gasteiger partial charge in [0.15, 0.2) is 5.69 Å². The van der Waals surface area contributed by atoms with Crippen LogP contribution in [0.5, 0.6) is 0 Å². The molecule has 2 N–H and O–H groups in total. The Kier molecular flexibility index (Phi) is 2.86. The number of aromatic nitrogens is 2. The number of anilines is 1. The lowest BCUT2D eigenvalue weighted by atomic mass is 10.3. The van der Waals surface area contributed by atoms with E-state index in [0.717, 1.165) is 10.9 Å². The average molecular weight is 306 g/mol. The van der Waals surface area contributed by atoms with Crippen molar-refractivity contribution in [2.45, 2.75) is 6.18 Å². The summed E-state index contributed by atoms with van der Waals surface area (Å²) in [5.41, 5.74) is 4.22. The van der Waals surface area contributed by atoms with E-state index < -0.39 is 17.6 Å². The Morgan fingerprint density at radius 2 is 1.88 bits per heavy atom. The minimum atomic E-state index is -4.55. The third kappa shape index (κ3) is 2.14. The van der Waals surface area contributed by atoms with Gasteiger partial charge < -0.3 is 5.73 Å². The average Bonchev–Trinajstić information content (AvgIpc) is 2.60. The number of benzene rings is 1. The Labute approximate surface area is 103 Å². The zero-order valence-electron chi connectivity index (χ0n) is 8.37. The molecule has 90 valence electrons. The highest BCUT2D eigenvalue weighted by Gasteiger charge is 2.38. The van der Waals surface area contributed by atoms with Crippen molar-refractivity contribution in [3.05, 3.63) is 40.6 Å². The number of para-hydroxylation sites is 1. The molecule has 1 aromatic heterocycles. The summed E-state index contributed by atoms with van der Waals surface area (Å²) in [6.07, 6.45) is -3.56. The fourth-order valence-corrected chi connectivity index (χ4v) is 1.90. The SMILES string of the molecule is Nc1cnn(-c2ccccc2Br)c1C(F)(F)F. The molecule has 0 atom stereocenters. The van der Waals surface area contributed by atoms with Crippen LogP contribution in [-0.2, 0) is 6.18 Å². The molecule has 0 aliphatic rings. The normalized spacial score (nSPS) is 11.8. The molecule has 7 heteroatoms. The summed E-state index contributed by atoms with van der Waals surface area (Å²) in [5.74, 6) is 0. The number of hydrogen-bond acceptors (Lipinski definition) is 2. The summed E-state index contributed by atoms with van der Waals surface area (Å²) in [7, 11) is 0. The van der Waals surface area contributed by atoms with Crippen molar-refractivity contribution in [3.63, 3.8) is 0 Å². The summed E-state index contributed by atoms with van der Waals surface area (Å²) in [6.45, 7) is 0. The van der Waals surface area contributed by atoms with Crippen LogP contribution >= 0.6 is 15.9 Å². The van der Waals surface area contributed by atoms with E-state index in [9.17, 15) is 13.2 Å². The molecular formula is C10H7BrF3N3. The Morgan fingerprint density at radius 3 is 2.47 bits per heavy atom. The zero-order chi connectivity index (χ0) is 12.6. The first-order valence-corrected chi connectivity index (χ1v) is 5.36. The van der Waals surface area contributed by atoms with Crippen LogP contribution in [0.1, 0.15) is 5.69 Å². The minimum absolute atomic E-state index is 0.288. The van der Waals surface area contributed by atoms with Crippen molar-refractivity contribution >= 4 is 21.6 Å². The smallest absolute Gasteiger partial charge is 0.396 e. The van der Waals surface area contributed by atoms with E-state index in [-0.39, 0.29) is 5.69 Å². The van der Waals surface area contributed by atoms with E-state index in [1.807, 2.05) is 0 Å². The quantitative estimate of drug-likeness (QED) is 0.879.